The van der Waals surface area contributed by atoms with Crippen molar-refractivity contribution in [2.24, 2.45) is 0 Å². The number of halogens is 2. The molecule has 0 aliphatic rings. The van der Waals surface area contributed by atoms with Crippen molar-refractivity contribution in [2.75, 3.05) is 6.61 Å². The topological polar surface area (TPSA) is 98.5 Å². The van der Waals surface area contributed by atoms with E-state index < -0.39 is 18.5 Å². The molecule has 0 saturated carbocycles. The minimum atomic E-state index is -0.661. The fraction of sp³-hybridized carbons (Fsp3) is 0.316. The molecule has 0 fully saturated rings. The van der Waals surface area contributed by atoms with E-state index in [1.165, 1.54) is 17.0 Å². The zero-order valence-electron chi connectivity index (χ0n) is 16.0. The largest absolute Gasteiger partial charge is 0.452 e. The molecule has 0 radical (unpaired) electrons. The van der Waals surface area contributed by atoms with Crippen LogP contribution in [0, 0.1) is 0 Å². The third kappa shape index (κ3) is 4.65. The smallest absolute Gasteiger partial charge is 0.342 e. The van der Waals surface area contributed by atoms with Crippen molar-refractivity contribution in [1.82, 2.24) is 24.9 Å². The Bertz CT molecular complexity index is 1070. The maximum atomic E-state index is 12.5. The van der Waals surface area contributed by atoms with Gasteiger partial charge < -0.3 is 10.1 Å². The minimum absolute atomic E-state index is 0.0364. The molecule has 0 aliphatic heterocycles. The highest BCUT2D eigenvalue weighted by Gasteiger charge is 2.22. The highest BCUT2D eigenvalue weighted by molar-refractivity contribution is 6.35. The van der Waals surface area contributed by atoms with Crippen LogP contribution >= 0.6 is 23.2 Å². The standard InChI is InChI=1S/C19H19Cl2N5O3/c1-10(2)17-14(7-22-19-23-9-24-26(17)19)18(28)29-8-16(27)25-11(3)13-5-4-12(20)6-15(13)21/h4-7,9-11H,8H2,1-3H3,(H,25,27). The van der Waals surface area contributed by atoms with E-state index in [2.05, 4.69) is 20.4 Å². The highest BCUT2D eigenvalue weighted by atomic mass is 35.5. The van der Waals surface area contributed by atoms with Crippen molar-refractivity contribution in [1.29, 1.82) is 0 Å². The molecule has 0 saturated heterocycles. The first-order chi connectivity index (χ1) is 13.8. The quantitative estimate of drug-likeness (QED) is 0.593. The van der Waals surface area contributed by atoms with Crippen LogP contribution in [0.15, 0.2) is 30.7 Å². The number of aromatic nitrogens is 4. The number of fused-ring (bicyclic) bond motifs is 1. The summed E-state index contributed by atoms with van der Waals surface area (Å²) in [6, 6.07) is 4.63. The molecule has 2 heterocycles. The maximum Gasteiger partial charge on any atom is 0.342 e. The summed E-state index contributed by atoms with van der Waals surface area (Å²) in [6.45, 7) is 5.16. The van der Waals surface area contributed by atoms with Gasteiger partial charge in [-0.2, -0.15) is 10.1 Å². The zero-order chi connectivity index (χ0) is 21.1. The molecule has 3 rings (SSSR count). The lowest BCUT2D eigenvalue weighted by atomic mass is 10.1. The average molecular weight is 436 g/mol. The molecular weight excluding hydrogens is 417 g/mol. The van der Waals surface area contributed by atoms with Gasteiger partial charge in [-0.1, -0.05) is 43.1 Å². The van der Waals surface area contributed by atoms with Crippen molar-refractivity contribution in [3.05, 3.63) is 57.6 Å². The fourth-order valence-electron chi connectivity index (χ4n) is 2.93. The molecule has 10 heteroatoms. The number of hydrogen-bond acceptors (Lipinski definition) is 6. The Labute approximate surface area is 177 Å². The first-order valence-electron chi connectivity index (χ1n) is 8.88. The van der Waals surface area contributed by atoms with Crippen LogP contribution in [0.25, 0.3) is 5.78 Å². The summed E-state index contributed by atoms with van der Waals surface area (Å²) in [7, 11) is 0. The van der Waals surface area contributed by atoms with Gasteiger partial charge in [-0.05, 0) is 30.5 Å². The molecule has 1 aromatic carbocycles. The van der Waals surface area contributed by atoms with Gasteiger partial charge in [0.05, 0.1) is 17.3 Å². The summed E-state index contributed by atoms with van der Waals surface area (Å²) in [6.07, 6.45) is 2.75. The molecule has 1 amide bonds. The molecule has 8 nitrogen and oxygen atoms in total. The lowest BCUT2D eigenvalue weighted by Gasteiger charge is -2.16. The van der Waals surface area contributed by atoms with Crippen molar-refractivity contribution >= 4 is 40.9 Å². The van der Waals surface area contributed by atoms with Crippen LogP contribution < -0.4 is 5.32 Å². The van der Waals surface area contributed by atoms with Gasteiger partial charge in [-0.3, -0.25) is 4.79 Å². The molecule has 2 aromatic heterocycles. The molecule has 29 heavy (non-hydrogen) atoms. The van der Waals surface area contributed by atoms with Crippen LogP contribution in [-0.4, -0.2) is 38.1 Å². The van der Waals surface area contributed by atoms with E-state index in [0.29, 0.717) is 27.1 Å². The Hall–Kier alpha value is -2.71. The van der Waals surface area contributed by atoms with Crippen molar-refractivity contribution in [2.45, 2.75) is 32.7 Å². The van der Waals surface area contributed by atoms with E-state index in [9.17, 15) is 9.59 Å². The number of rotatable bonds is 6. The number of esters is 1. The minimum Gasteiger partial charge on any atom is -0.452 e. The van der Waals surface area contributed by atoms with Crippen LogP contribution in [0.1, 0.15) is 54.3 Å². The van der Waals surface area contributed by atoms with Crippen molar-refractivity contribution < 1.29 is 14.3 Å². The Morgan fingerprint density at radius 2 is 1.97 bits per heavy atom. The summed E-state index contributed by atoms with van der Waals surface area (Å²) < 4.78 is 6.68. The molecule has 152 valence electrons. The van der Waals surface area contributed by atoms with Gasteiger partial charge in [-0.15, -0.1) is 0 Å². The second-order valence-corrected chi connectivity index (χ2v) is 7.56. The van der Waals surface area contributed by atoms with E-state index in [4.69, 9.17) is 27.9 Å². The number of carbonyl (C=O) groups is 2. The van der Waals surface area contributed by atoms with Crippen molar-refractivity contribution in [3.8, 4) is 0 Å². The first kappa shape index (κ1) is 21.0. The van der Waals surface area contributed by atoms with E-state index in [0.717, 1.165) is 0 Å². The number of ether oxygens (including phenoxy) is 1. The van der Waals surface area contributed by atoms with Crippen LogP contribution in [0.4, 0.5) is 0 Å². The zero-order valence-corrected chi connectivity index (χ0v) is 17.5. The van der Waals surface area contributed by atoms with Crippen molar-refractivity contribution in [3.63, 3.8) is 0 Å². The Balaban J connectivity index is 1.67. The van der Waals surface area contributed by atoms with Gasteiger partial charge >= 0.3 is 5.97 Å². The molecule has 0 aliphatic carbocycles. The molecule has 1 N–H and O–H groups in total. The molecule has 1 unspecified atom stereocenters. The van der Waals surface area contributed by atoms with E-state index >= 15 is 0 Å². The molecular formula is C19H19Cl2N5O3. The van der Waals surface area contributed by atoms with Gasteiger partial charge in [0.15, 0.2) is 6.61 Å². The third-order valence-corrected chi connectivity index (χ3v) is 4.81. The Morgan fingerprint density at radius 3 is 2.66 bits per heavy atom. The second-order valence-electron chi connectivity index (χ2n) is 6.71. The molecule has 0 spiro atoms. The third-order valence-electron chi connectivity index (χ3n) is 4.25. The van der Waals surface area contributed by atoms with E-state index in [1.54, 1.807) is 25.1 Å². The van der Waals surface area contributed by atoms with Crippen LogP contribution in [0.5, 0.6) is 0 Å². The number of amides is 1. The van der Waals surface area contributed by atoms with Crippen LogP contribution in [0.3, 0.4) is 0 Å². The first-order valence-corrected chi connectivity index (χ1v) is 9.63. The predicted octanol–water partition coefficient (Wildman–Crippen LogP) is 3.59. The van der Waals surface area contributed by atoms with Crippen LogP contribution in [-0.2, 0) is 9.53 Å². The molecule has 1 atom stereocenters. The van der Waals surface area contributed by atoms with Gasteiger partial charge in [0.2, 0.25) is 0 Å². The van der Waals surface area contributed by atoms with E-state index in [1.807, 2.05) is 13.8 Å². The van der Waals surface area contributed by atoms with Gasteiger partial charge in [0.25, 0.3) is 11.7 Å². The molecule has 0 bridgehead atoms. The Morgan fingerprint density at radius 1 is 1.21 bits per heavy atom. The molecule has 3 aromatic rings. The van der Waals surface area contributed by atoms with Gasteiger partial charge in [0, 0.05) is 16.2 Å². The lowest BCUT2D eigenvalue weighted by Crippen LogP contribution is -2.31. The average Bonchev–Trinajstić information content (AvgIpc) is 3.13. The summed E-state index contributed by atoms with van der Waals surface area (Å²) >= 11 is 12.0. The summed E-state index contributed by atoms with van der Waals surface area (Å²) in [5.74, 6) is -0.772. The normalized spacial score (nSPS) is 12.2. The van der Waals surface area contributed by atoms with Gasteiger partial charge in [-0.25, -0.2) is 14.3 Å². The summed E-state index contributed by atoms with van der Waals surface area (Å²) in [4.78, 5) is 32.9. The monoisotopic (exact) mass is 435 g/mol. The number of benzene rings is 1. The SMILES string of the molecule is CC(C)c1c(C(=O)OCC(=O)NC(C)c2ccc(Cl)cc2Cl)cnc2ncnn12. The number of nitrogens with zero attached hydrogens (tertiary/aromatic N) is 4. The highest BCUT2D eigenvalue weighted by Crippen LogP contribution is 2.26. The number of carbonyl (C=O) groups excluding carboxylic acids is 2. The number of nitrogens with one attached hydrogen (secondary N) is 1. The Kier molecular flexibility index (Phi) is 6.34. The summed E-state index contributed by atoms with van der Waals surface area (Å²) in [5, 5.41) is 7.78. The van der Waals surface area contributed by atoms with Crippen LogP contribution in [0.2, 0.25) is 10.0 Å². The fourth-order valence-corrected chi connectivity index (χ4v) is 3.50. The predicted molar refractivity (Wildman–Crippen MR) is 108 cm³/mol. The maximum absolute atomic E-state index is 12.5. The van der Waals surface area contributed by atoms with E-state index in [-0.39, 0.29) is 17.5 Å². The van der Waals surface area contributed by atoms with Gasteiger partial charge in [0.1, 0.15) is 6.33 Å². The second kappa shape index (κ2) is 8.75. The summed E-state index contributed by atoms with van der Waals surface area (Å²) in [5.41, 5.74) is 1.55. The number of hydrogen-bond donors (Lipinski definition) is 1. The lowest BCUT2D eigenvalue weighted by molar-refractivity contribution is -0.124.